The first kappa shape index (κ1) is 10.2. The van der Waals surface area contributed by atoms with Crippen LogP contribution in [0, 0.1) is 0 Å². The predicted molar refractivity (Wildman–Crippen MR) is 54.8 cm³/mol. The van der Waals surface area contributed by atoms with Crippen molar-refractivity contribution in [3.05, 3.63) is 35.9 Å². The van der Waals surface area contributed by atoms with Crippen LogP contribution in [0.15, 0.2) is 30.3 Å². The van der Waals surface area contributed by atoms with Gasteiger partial charge in [0.2, 0.25) is 0 Å². The number of hydrogen-bond donors (Lipinski definition) is 2. The lowest BCUT2D eigenvalue weighted by Gasteiger charge is -2.18. The molecule has 1 aromatic carbocycles. The van der Waals surface area contributed by atoms with Crippen molar-refractivity contribution in [2.24, 2.45) is 0 Å². The average Bonchev–Trinajstić information content (AvgIpc) is 2.18. The Hall–Kier alpha value is -0.860. The van der Waals surface area contributed by atoms with Gasteiger partial charge in [-0.05, 0) is 12.6 Å². The Morgan fingerprint density at radius 1 is 1.31 bits per heavy atom. The van der Waals surface area contributed by atoms with E-state index in [0.29, 0.717) is 6.54 Å². The van der Waals surface area contributed by atoms with E-state index < -0.39 is 0 Å². The Balaban J connectivity index is 2.62. The molecule has 0 bridgehead atoms. The van der Waals surface area contributed by atoms with E-state index in [1.54, 1.807) is 0 Å². The first-order chi connectivity index (χ1) is 6.25. The smallest absolute Gasteiger partial charge is 0.0730 e. The second-order valence-electron chi connectivity index (χ2n) is 3.32. The lowest BCUT2D eigenvalue weighted by Crippen LogP contribution is -2.28. The van der Waals surface area contributed by atoms with Gasteiger partial charge < -0.3 is 10.4 Å². The van der Waals surface area contributed by atoms with Gasteiger partial charge in [0.15, 0.2) is 0 Å². The Labute approximate surface area is 79.6 Å². The van der Waals surface area contributed by atoms with Crippen LogP contribution < -0.4 is 5.32 Å². The van der Waals surface area contributed by atoms with Gasteiger partial charge in [0.25, 0.3) is 0 Å². The molecular weight excluding hydrogens is 162 g/mol. The van der Waals surface area contributed by atoms with Gasteiger partial charge in [0.1, 0.15) is 0 Å². The zero-order valence-corrected chi connectivity index (χ0v) is 8.20. The number of hydrogen-bond acceptors (Lipinski definition) is 2. The SMILES string of the molecule is CNCC(O)C(C)c1ccccc1. The van der Waals surface area contributed by atoms with Crippen molar-refractivity contribution in [3.8, 4) is 0 Å². The first-order valence-electron chi connectivity index (χ1n) is 4.63. The minimum atomic E-state index is -0.313. The highest BCUT2D eigenvalue weighted by Crippen LogP contribution is 2.17. The molecule has 0 spiro atoms. The van der Waals surface area contributed by atoms with E-state index in [9.17, 15) is 5.11 Å². The molecule has 0 fully saturated rings. The van der Waals surface area contributed by atoms with Gasteiger partial charge in [-0.2, -0.15) is 0 Å². The highest BCUT2D eigenvalue weighted by atomic mass is 16.3. The van der Waals surface area contributed by atoms with Crippen LogP contribution in [0.2, 0.25) is 0 Å². The molecule has 2 atom stereocenters. The quantitative estimate of drug-likeness (QED) is 0.731. The van der Waals surface area contributed by atoms with E-state index >= 15 is 0 Å². The maximum absolute atomic E-state index is 9.71. The maximum Gasteiger partial charge on any atom is 0.0730 e. The highest BCUT2D eigenvalue weighted by Gasteiger charge is 2.14. The monoisotopic (exact) mass is 179 g/mol. The van der Waals surface area contributed by atoms with Crippen LogP contribution in [0.4, 0.5) is 0 Å². The Kier molecular flexibility index (Phi) is 3.93. The minimum absolute atomic E-state index is 0.189. The molecule has 2 unspecified atom stereocenters. The molecule has 13 heavy (non-hydrogen) atoms. The van der Waals surface area contributed by atoms with Crippen molar-refractivity contribution in [1.82, 2.24) is 5.32 Å². The van der Waals surface area contributed by atoms with Crippen molar-refractivity contribution < 1.29 is 5.11 Å². The molecular formula is C11H17NO. The van der Waals surface area contributed by atoms with Gasteiger partial charge in [-0.1, -0.05) is 37.3 Å². The van der Waals surface area contributed by atoms with Gasteiger partial charge in [-0.3, -0.25) is 0 Å². The zero-order chi connectivity index (χ0) is 9.68. The molecule has 0 aliphatic rings. The van der Waals surface area contributed by atoms with Crippen molar-refractivity contribution in [1.29, 1.82) is 0 Å². The van der Waals surface area contributed by atoms with Gasteiger partial charge in [0.05, 0.1) is 6.10 Å². The third-order valence-electron chi connectivity index (χ3n) is 2.32. The Morgan fingerprint density at radius 3 is 2.46 bits per heavy atom. The average molecular weight is 179 g/mol. The van der Waals surface area contributed by atoms with Crippen LogP contribution >= 0.6 is 0 Å². The van der Waals surface area contributed by atoms with Crippen LogP contribution in [0.5, 0.6) is 0 Å². The summed E-state index contributed by atoms with van der Waals surface area (Å²) in [5.74, 6) is 0.189. The standard InChI is InChI=1S/C11H17NO/c1-9(11(13)8-12-2)10-6-4-3-5-7-10/h3-7,9,11-13H,8H2,1-2H3. The second kappa shape index (κ2) is 5.00. The third kappa shape index (κ3) is 2.83. The van der Waals surface area contributed by atoms with E-state index in [4.69, 9.17) is 0 Å². The molecule has 0 saturated carbocycles. The lowest BCUT2D eigenvalue weighted by atomic mass is 9.95. The number of nitrogens with one attached hydrogen (secondary N) is 1. The summed E-state index contributed by atoms with van der Waals surface area (Å²) in [6.45, 7) is 2.67. The van der Waals surface area contributed by atoms with E-state index in [-0.39, 0.29) is 12.0 Å². The molecule has 0 aliphatic carbocycles. The van der Waals surface area contributed by atoms with Crippen LogP contribution in [0.3, 0.4) is 0 Å². The second-order valence-corrected chi connectivity index (χ2v) is 3.32. The molecule has 0 aromatic heterocycles. The molecule has 2 heteroatoms. The predicted octanol–water partition coefficient (Wildman–Crippen LogP) is 1.37. The van der Waals surface area contributed by atoms with Crippen LogP contribution in [0.1, 0.15) is 18.4 Å². The summed E-state index contributed by atoms with van der Waals surface area (Å²) in [6.07, 6.45) is -0.313. The summed E-state index contributed by atoms with van der Waals surface area (Å²) in [4.78, 5) is 0. The largest absolute Gasteiger partial charge is 0.391 e. The van der Waals surface area contributed by atoms with Gasteiger partial charge in [-0.25, -0.2) is 0 Å². The number of aliphatic hydroxyl groups is 1. The highest BCUT2D eigenvalue weighted by molar-refractivity contribution is 5.19. The van der Waals surface area contributed by atoms with E-state index in [1.165, 1.54) is 5.56 Å². The van der Waals surface area contributed by atoms with Crippen molar-refractivity contribution in [2.75, 3.05) is 13.6 Å². The first-order valence-corrected chi connectivity index (χ1v) is 4.63. The fourth-order valence-electron chi connectivity index (χ4n) is 1.36. The number of benzene rings is 1. The number of likely N-dealkylation sites (N-methyl/N-ethyl adjacent to an activating group) is 1. The topological polar surface area (TPSA) is 32.3 Å². The number of aliphatic hydroxyl groups excluding tert-OH is 1. The Bertz CT molecular complexity index is 235. The van der Waals surface area contributed by atoms with Gasteiger partial charge in [0, 0.05) is 12.5 Å². The van der Waals surface area contributed by atoms with Crippen LogP contribution in [0.25, 0.3) is 0 Å². The summed E-state index contributed by atoms with van der Waals surface area (Å²) in [5.41, 5.74) is 1.19. The number of rotatable bonds is 4. The Morgan fingerprint density at radius 2 is 1.92 bits per heavy atom. The molecule has 1 aromatic rings. The van der Waals surface area contributed by atoms with E-state index in [0.717, 1.165) is 0 Å². The molecule has 0 saturated heterocycles. The molecule has 0 aliphatic heterocycles. The minimum Gasteiger partial charge on any atom is -0.391 e. The molecule has 2 N–H and O–H groups in total. The van der Waals surface area contributed by atoms with Crippen molar-refractivity contribution in [3.63, 3.8) is 0 Å². The summed E-state index contributed by atoms with van der Waals surface area (Å²) < 4.78 is 0. The van der Waals surface area contributed by atoms with Crippen molar-refractivity contribution >= 4 is 0 Å². The fraction of sp³-hybridized carbons (Fsp3) is 0.455. The van der Waals surface area contributed by atoms with Crippen molar-refractivity contribution in [2.45, 2.75) is 18.9 Å². The molecule has 1 rings (SSSR count). The lowest BCUT2D eigenvalue weighted by molar-refractivity contribution is 0.149. The van der Waals surface area contributed by atoms with Crippen LogP contribution in [-0.2, 0) is 0 Å². The summed E-state index contributed by atoms with van der Waals surface area (Å²) in [7, 11) is 1.85. The summed E-state index contributed by atoms with van der Waals surface area (Å²) >= 11 is 0. The normalized spacial score (nSPS) is 15.3. The maximum atomic E-state index is 9.71. The zero-order valence-electron chi connectivity index (χ0n) is 8.20. The molecule has 2 nitrogen and oxygen atoms in total. The summed E-state index contributed by atoms with van der Waals surface area (Å²) in [6, 6.07) is 10.1. The fourth-order valence-corrected chi connectivity index (χ4v) is 1.36. The molecule has 0 heterocycles. The van der Waals surface area contributed by atoms with E-state index in [2.05, 4.69) is 5.32 Å². The van der Waals surface area contributed by atoms with E-state index in [1.807, 2.05) is 44.3 Å². The van der Waals surface area contributed by atoms with Gasteiger partial charge >= 0.3 is 0 Å². The third-order valence-corrected chi connectivity index (χ3v) is 2.32. The van der Waals surface area contributed by atoms with Gasteiger partial charge in [-0.15, -0.1) is 0 Å². The molecule has 72 valence electrons. The summed E-state index contributed by atoms with van der Waals surface area (Å²) in [5, 5.41) is 12.7. The van der Waals surface area contributed by atoms with Crippen LogP contribution in [-0.4, -0.2) is 24.8 Å². The molecule has 0 amide bonds. The molecule has 0 radical (unpaired) electrons.